The number of aliphatic imine (C=N–C) groups is 1. The number of hydrogen-bond acceptors (Lipinski definition) is 4. The Morgan fingerprint density at radius 2 is 1.86 bits per heavy atom. The summed E-state index contributed by atoms with van der Waals surface area (Å²) in [5.41, 5.74) is 1.63. The van der Waals surface area contributed by atoms with Crippen LogP contribution < -0.4 is 25.4 Å². The second-order valence-corrected chi connectivity index (χ2v) is 5.73. The van der Waals surface area contributed by atoms with Crippen LogP contribution in [0, 0.1) is 0 Å². The van der Waals surface area contributed by atoms with Crippen molar-refractivity contribution in [3.63, 3.8) is 0 Å². The number of hydrogen-bond donors (Lipinski definition) is 3. The zero-order valence-corrected chi connectivity index (χ0v) is 18.7. The molecule has 2 aromatic carbocycles. The fourth-order valence-corrected chi connectivity index (χ4v) is 2.41. The molecule has 0 fully saturated rings. The van der Waals surface area contributed by atoms with Crippen molar-refractivity contribution in [1.82, 2.24) is 10.6 Å². The molecular formula is C20H27IN4O3. The molecule has 0 bridgehead atoms. The standard InChI is InChI=1S/C20H26N4O3.HI/c1-15(25)24-18-13-16(9-10-19(18)26-3)14-23-20(21-2)22-11-12-27-17-7-5-4-6-8-17;/h4-10,13H,11-12,14H2,1-3H3,(H,24,25)(H2,21,22,23);1H. The normalized spacial score (nSPS) is 10.5. The number of halogens is 1. The molecule has 28 heavy (non-hydrogen) atoms. The number of carbonyl (C=O) groups is 1. The second-order valence-electron chi connectivity index (χ2n) is 5.73. The van der Waals surface area contributed by atoms with Crippen molar-refractivity contribution in [2.24, 2.45) is 4.99 Å². The number of anilines is 1. The summed E-state index contributed by atoms with van der Waals surface area (Å²) in [6.45, 7) is 3.16. The van der Waals surface area contributed by atoms with Crippen molar-refractivity contribution >= 4 is 41.5 Å². The minimum absolute atomic E-state index is 0. The molecule has 0 heterocycles. The molecule has 152 valence electrons. The van der Waals surface area contributed by atoms with Gasteiger partial charge in [0.25, 0.3) is 0 Å². The fourth-order valence-electron chi connectivity index (χ4n) is 2.41. The van der Waals surface area contributed by atoms with Crippen LogP contribution in [-0.2, 0) is 11.3 Å². The summed E-state index contributed by atoms with van der Waals surface area (Å²) in [7, 11) is 3.28. The van der Waals surface area contributed by atoms with E-state index in [1.54, 1.807) is 14.2 Å². The molecule has 0 aromatic heterocycles. The summed E-state index contributed by atoms with van der Waals surface area (Å²) in [4.78, 5) is 15.5. The first-order valence-corrected chi connectivity index (χ1v) is 8.69. The monoisotopic (exact) mass is 498 g/mol. The van der Waals surface area contributed by atoms with E-state index in [-0.39, 0.29) is 29.9 Å². The average molecular weight is 498 g/mol. The van der Waals surface area contributed by atoms with E-state index in [2.05, 4.69) is 20.9 Å². The van der Waals surface area contributed by atoms with Gasteiger partial charge in [-0.2, -0.15) is 0 Å². The average Bonchev–Trinajstić information content (AvgIpc) is 2.68. The largest absolute Gasteiger partial charge is 0.495 e. The van der Waals surface area contributed by atoms with Gasteiger partial charge in [0.2, 0.25) is 5.91 Å². The number of amides is 1. The van der Waals surface area contributed by atoms with E-state index in [0.29, 0.717) is 37.1 Å². The summed E-state index contributed by atoms with van der Waals surface area (Å²) < 4.78 is 10.9. The zero-order valence-electron chi connectivity index (χ0n) is 16.3. The molecule has 0 aliphatic heterocycles. The summed E-state index contributed by atoms with van der Waals surface area (Å²) in [5.74, 6) is 1.98. The zero-order chi connectivity index (χ0) is 19.5. The third-order valence-electron chi connectivity index (χ3n) is 3.66. The van der Waals surface area contributed by atoms with Gasteiger partial charge in [0.1, 0.15) is 18.1 Å². The van der Waals surface area contributed by atoms with E-state index in [4.69, 9.17) is 9.47 Å². The Morgan fingerprint density at radius 3 is 2.50 bits per heavy atom. The molecule has 8 heteroatoms. The fraction of sp³-hybridized carbons (Fsp3) is 0.300. The quantitative estimate of drug-likeness (QED) is 0.226. The van der Waals surface area contributed by atoms with Crippen LogP contribution in [0.5, 0.6) is 11.5 Å². The Morgan fingerprint density at radius 1 is 1.11 bits per heavy atom. The highest BCUT2D eigenvalue weighted by Crippen LogP contribution is 2.25. The number of nitrogens with one attached hydrogen (secondary N) is 3. The van der Waals surface area contributed by atoms with E-state index < -0.39 is 0 Å². The van der Waals surface area contributed by atoms with Crippen molar-refractivity contribution in [2.45, 2.75) is 13.5 Å². The number of carbonyl (C=O) groups excluding carboxylic acids is 1. The van der Waals surface area contributed by atoms with Gasteiger partial charge in [0.05, 0.1) is 19.3 Å². The van der Waals surface area contributed by atoms with Gasteiger partial charge in [-0.15, -0.1) is 24.0 Å². The lowest BCUT2D eigenvalue weighted by Crippen LogP contribution is -2.38. The van der Waals surface area contributed by atoms with E-state index in [9.17, 15) is 4.79 Å². The first-order chi connectivity index (χ1) is 13.1. The SMILES string of the molecule is CN=C(NCCOc1ccccc1)NCc1ccc(OC)c(NC(C)=O)c1.I. The van der Waals surface area contributed by atoms with Crippen molar-refractivity contribution in [1.29, 1.82) is 0 Å². The van der Waals surface area contributed by atoms with Gasteiger partial charge in [0.15, 0.2) is 5.96 Å². The van der Waals surface area contributed by atoms with Crippen LogP contribution >= 0.6 is 24.0 Å². The first-order valence-electron chi connectivity index (χ1n) is 8.69. The second kappa shape index (κ2) is 12.8. The van der Waals surface area contributed by atoms with Gasteiger partial charge >= 0.3 is 0 Å². The predicted molar refractivity (Wildman–Crippen MR) is 123 cm³/mol. The van der Waals surface area contributed by atoms with Gasteiger partial charge in [-0.05, 0) is 29.8 Å². The van der Waals surface area contributed by atoms with Crippen LogP contribution in [0.1, 0.15) is 12.5 Å². The third kappa shape index (κ3) is 8.03. The Hall–Kier alpha value is -2.49. The molecule has 0 saturated carbocycles. The number of rotatable bonds is 8. The number of nitrogens with zero attached hydrogens (tertiary/aromatic N) is 1. The van der Waals surface area contributed by atoms with Crippen molar-refractivity contribution in [3.05, 3.63) is 54.1 Å². The van der Waals surface area contributed by atoms with E-state index in [0.717, 1.165) is 11.3 Å². The molecule has 1 amide bonds. The Kier molecular flexibility index (Phi) is 10.8. The maximum atomic E-state index is 11.3. The van der Waals surface area contributed by atoms with E-state index in [1.807, 2.05) is 48.5 Å². The molecule has 0 atom stereocenters. The third-order valence-corrected chi connectivity index (χ3v) is 3.66. The molecule has 2 aromatic rings. The number of ether oxygens (including phenoxy) is 2. The minimum atomic E-state index is -0.144. The van der Waals surface area contributed by atoms with Crippen molar-refractivity contribution < 1.29 is 14.3 Å². The van der Waals surface area contributed by atoms with E-state index >= 15 is 0 Å². The molecule has 0 aliphatic carbocycles. The molecule has 0 saturated heterocycles. The smallest absolute Gasteiger partial charge is 0.221 e. The maximum absolute atomic E-state index is 11.3. The Bertz CT molecular complexity index is 769. The molecule has 3 N–H and O–H groups in total. The van der Waals surface area contributed by atoms with Gasteiger partial charge in [-0.25, -0.2) is 0 Å². The number of para-hydroxylation sites is 1. The molecule has 0 spiro atoms. The highest BCUT2D eigenvalue weighted by molar-refractivity contribution is 14.0. The summed E-state index contributed by atoms with van der Waals surface area (Å²) in [6.07, 6.45) is 0. The summed E-state index contributed by atoms with van der Waals surface area (Å²) >= 11 is 0. The van der Waals surface area contributed by atoms with Crippen molar-refractivity contribution in [2.75, 3.05) is 32.6 Å². The van der Waals surface area contributed by atoms with Gasteiger partial charge in [-0.1, -0.05) is 24.3 Å². The highest BCUT2D eigenvalue weighted by atomic mass is 127. The number of benzene rings is 2. The number of methoxy groups -OCH3 is 1. The van der Waals surface area contributed by atoms with Crippen LogP contribution in [-0.4, -0.2) is 39.2 Å². The van der Waals surface area contributed by atoms with Gasteiger partial charge in [-0.3, -0.25) is 9.79 Å². The lowest BCUT2D eigenvalue weighted by atomic mass is 10.2. The molecule has 2 rings (SSSR count). The van der Waals surface area contributed by atoms with Crippen LogP contribution in [0.3, 0.4) is 0 Å². The molecule has 0 aliphatic rings. The van der Waals surface area contributed by atoms with Crippen LogP contribution in [0.2, 0.25) is 0 Å². The maximum Gasteiger partial charge on any atom is 0.221 e. The summed E-state index contributed by atoms with van der Waals surface area (Å²) in [6, 6.07) is 15.3. The van der Waals surface area contributed by atoms with Gasteiger partial charge in [0, 0.05) is 20.5 Å². The van der Waals surface area contributed by atoms with Crippen LogP contribution in [0.4, 0.5) is 5.69 Å². The minimum Gasteiger partial charge on any atom is -0.495 e. The van der Waals surface area contributed by atoms with Crippen LogP contribution in [0.15, 0.2) is 53.5 Å². The first kappa shape index (κ1) is 23.5. The Labute approximate surface area is 182 Å². The molecule has 0 unspecified atom stereocenters. The molecular weight excluding hydrogens is 471 g/mol. The predicted octanol–water partition coefficient (Wildman–Crippen LogP) is 3.02. The highest BCUT2D eigenvalue weighted by Gasteiger charge is 2.06. The molecule has 0 radical (unpaired) electrons. The Balaban J connectivity index is 0.00000392. The summed E-state index contributed by atoms with van der Waals surface area (Å²) in [5, 5.41) is 9.20. The number of guanidine groups is 1. The van der Waals surface area contributed by atoms with Crippen LogP contribution in [0.25, 0.3) is 0 Å². The lowest BCUT2D eigenvalue weighted by molar-refractivity contribution is -0.114. The lowest BCUT2D eigenvalue weighted by Gasteiger charge is -2.14. The van der Waals surface area contributed by atoms with Crippen molar-refractivity contribution in [3.8, 4) is 11.5 Å². The molecule has 7 nitrogen and oxygen atoms in total. The van der Waals surface area contributed by atoms with Gasteiger partial charge < -0.3 is 25.4 Å². The van der Waals surface area contributed by atoms with E-state index in [1.165, 1.54) is 6.92 Å². The topological polar surface area (TPSA) is 84.0 Å².